The molecule has 0 saturated carbocycles. The molecular weight excluding hydrogens is 296 g/mol. The molecule has 0 aromatic heterocycles. The van der Waals surface area contributed by atoms with Gasteiger partial charge in [0.1, 0.15) is 6.07 Å². The van der Waals surface area contributed by atoms with Crippen LogP contribution in [0.1, 0.15) is 18.9 Å². The van der Waals surface area contributed by atoms with E-state index in [1.54, 1.807) is 0 Å². The van der Waals surface area contributed by atoms with Gasteiger partial charge in [-0.05, 0) is 53.4 Å². The molecule has 1 rings (SSSR count). The summed E-state index contributed by atoms with van der Waals surface area (Å²) in [5, 5.41) is 9.20. The molecule has 0 bridgehead atoms. The van der Waals surface area contributed by atoms with Gasteiger partial charge in [-0.15, -0.1) is 0 Å². The number of nitrogens with zero attached hydrogens (tertiary/aromatic N) is 2. The molecule has 0 N–H and O–H groups in total. The van der Waals surface area contributed by atoms with Crippen molar-refractivity contribution in [3.05, 3.63) is 28.2 Å². The highest BCUT2D eigenvalue weighted by Crippen LogP contribution is 2.28. The quantitative estimate of drug-likeness (QED) is 0.825. The standard InChI is InChI=1S/C13H17BrN2S/c1-10(7-8-17-3)16(2)13-6-4-5-12(14)11(13)9-15/h4-6,10H,7-8H2,1-3H3. The van der Waals surface area contributed by atoms with Crippen molar-refractivity contribution in [1.29, 1.82) is 5.26 Å². The summed E-state index contributed by atoms with van der Waals surface area (Å²) in [4.78, 5) is 2.18. The van der Waals surface area contributed by atoms with Gasteiger partial charge in [0, 0.05) is 17.6 Å². The summed E-state index contributed by atoms with van der Waals surface area (Å²) in [6.45, 7) is 2.19. The maximum atomic E-state index is 9.20. The molecule has 0 aliphatic rings. The zero-order valence-electron chi connectivity index (χ0n) is 10.4. The van der Waals surface area contributed by atoms with Crippen LogP contribution in [0.3, 0.4) is 0 Å². The van der Waals surface area contributed by atoms with Crippen molar-refractivity contribution in [3.8, 4) is 6.07 Å². The van der Waals surface area contributed by atoms with E-state index < -0.39 is 0 Å². The molecule has 1 aromatic rings. The van der Waals surface area contributed by atoms with E-state index in [-0.39, 0.29) is 0 Å². The van der Waals surface area contributed by atoms with E-state index in [0.29, 0.717) is 11.6 Å². The first-order chi connectivity index (χ1) is 8.11. The van der Waals surface area contributed by atoms with Gasteiger partial charge in [0.25, 0.3) is 0 Å². The Labute approximate surface area is 116 Å². The lowest BCUT2D eigenvalue weighted by molar-refractivity contribution is 0.668. The number of hydrogen-bond donors (Lipinski definition) is 0. The number of thioether (sulfide) groups is 1. The number of hydrogen-bond acceptors (Lipinski definition) is 3. The third-order valence-corrected chi connectivity index (χ3v) is 4.19. The van der Waals surface area contributed by atoms with Crippen LogP contribution in [-0.2, 0) is 0 Å². The van der Waals surface area contributed by atoms with Crippen molar-refractivity contribution in [2.75, 3.05) is 24.0 Å². The van der Waals surface area contributed by atoms with Gasteiger partial charge < -0.3 is 4.90 Å². The van der Waals surface area contributed by atoms with Gasteiger partial charge in [0.05, 0.1) is 11.3 Å². The second kappa shape index (κ2) is 6.93. The summed E-state index contributed by atoms with van der Waals surface area (Å²) < 4.78 is 0.862. The van der Waals surface area contributed by atoms with Crippen molar-refractivity contribution >= 4 is 33.4 Å². The predicted molar refractivity (Wildman–Crippen MR) is 79.7 cm³/mol. The Bertz CT molecular complexity index is 414. The lowest BCUT2D eigenvalue weighted by atomic mass is 10.1. The molecule has 0 radical (unpaired) electrons. The lowest BCUT2D eigenvalue weighted by Crippen LogP contribution is -2.30. The van der Waals surface area contributed by atoms with E-state index in [1.165, 1.54) is 0 Å². The molecule has 1 atom stereocenters. The van der Waals surface area contributed by atoms with Gasteiger partial charge in [-0.2, -0.15) is 17.0 Å². The number of anilines is 1. The molecule has 0 spiro atoms. The topological polar surface area (TPSA) is 27.0 Å². The summed E-state index contributed by atoms with van der Waals surface area (Å²) in [5.74, 6) is 1.14. The van der Waals surface area contributed by atoms with E-state index in [4.69, 9.17) is 0 Å². The zero-order valence-corrected chi connectivity index (χ0v) is 12.8. The molecule has 1 aromatic carbocycles. The molecule has 0 aliphatic carbocycles. The SMILES string of the molecule is CSCCC(C)N(C)c1cccc(Br)c1C#N. The van der Waals surface area contributed by atoms with Crippen molar-refractivity contribution in [2.45, 2.75) is 19.4 Å². The fraction of sp³-hybridized carbons (Fsp3) is 0.462. The highest BCUT2D eigenvalue weighted by molar-refractivity contribution is 9.10. The summed E-state index contributed by atoms with van der Waals surface area (Å²) >= 11 is 5.28. The van der Waals surface area contributed by atoms with Crippen LogP contribution in [0.4, 0.5) is 5.69 Å². The van der Waals surface area contributed by atoms with Crippen LogP contribution < -0.4 is 4.90 Å². The summed E-state index contributed by atoms with van der Waals surface area (Å²) in [7, 11) is 2.05. The Morgan fingerprint density at radius 2 is 2.24 bits per heavy atom. The second-order valence-corrected chi connectivity index (χ2v) is 5.83. The van der Waals surface area contributed by atoms with Gasteiger partial charge in [-0.3, -0.25) is 0 Å². The minimum absolute atomic E-state index is 0.434. The van der Waals surface area contributed by atoms with Crippen LogP contribution in [0.2, 0.25) is 0 Å². The Kier molecular flexibility index (Phi) is 5.87. The van der Waals surface area contributed by atoms with Crippen LogP contribution in [0.15, 0.2) is 22.7 Å². The van der Waals surface area contributed by atoms with Crippen molar-refractivity contribution in [1.82, 2.24) is 0 Å². The van der Waals surface area contributed by atoms with Crippen LogP contribution in [0.25, 0.3) is 0 Å². The van der Waals surface area contributed by atoms with Crippen LogP contribution >= 0.6 is 27.7 Å². The molecule has 0 heterocycles. The van der Waals surface area contributed by atoms with Crippen LogP contribution in [-0.4, -0.2) is 25.1 Å². The Morgan fingerprint density at radius 1 is 1.53 bits per heavy atom. The molecule has 1 unspecified atom stereocenters. The normalized spacial score (nSPS) is 11.9. The first kappa shape index (κ1) is 14.4. The first-order valence-corrected chi connectivity index (χ1v) is 7.70. The minimum atomic E-state index is 0.434. The number of benzene rings is 1. The maximum Gasteiger partial charge on any atom is 0.103 e. The summed E-state index contributed by atoms with van der Waals surface area (Å²) in [6, 6.07) is 8.57. The lowest BCUT2D eigenvalue weighted by Gasteiger charge is -2.28. The summed E-state index contributed by atoms with van der Waals surface area (Å²) in [5.41, 5.74) is 1.71. The van der Waals surface area contributed by atoms with E-state index in [0.717, 1.165) is 22.3 Å². The third kappa shape index (κ3) is 3.65. The highest BCUT2D eigenvalue weighted by Gasteiger charge is 2.14. The summed E-state index contributed by atoms with van der Waals surface area (Å²) in [6.07, 6.45) is 3.24. The van der Waals surface area contributed by atoms with Crippen LogP contribution in [0, 0.1) is 11.3 Å². The molecule has 0 amide bonds. The molecule has 17 heavy (non-hydrogen) atoms. The van der Waals surface area contributed by atoms with Crippen molar-refractivity contribution in [2.24, 2.45) is 0 Å². The second-order valence-electron chi connectivity index (χ2n) is 3.99. The van der Waals surface area contributed by atoms with Gasteiger partial charge in [0.2, 0.25) is 0 Å². The minimum Gasteiger partial charge on any atom is -0.371 e. The van der Waals surface area contributed by atoms with Gasteiger partial charge in [-0.25, -0.2) is 0 Å². The van der Waals surface area contributed by atoms with Crippen LogP contribution in [0.5, 0.6) is 0 Å². The van der Waals surface area contributed by atoms with E-state index in [9.17, 15) is 5.26 Å². The van der Waals surface area contributed by atoms with E-state index >= 15 is 0 Å². The fourth-order valence-corrected chi connectivity index (χ4v) is 2.66. The van der Waals surface area contributed by atoms with Crippen molar-refractivity contribution in [3.63, 3.8) is 0 Å². The van der Waals surface area contributed by atoms with E-state index in [2.05, 4.69) is 40.1 Å². The van der Waals surface area contributed by atoms with E-state index in [1.807, 2.05) is 37.0 Å². The molecule has 2 nitrogen and oxygen atoms in total. The third-order valence-electron chi connectivity index (χ3n) is 2.88. The Morgan fingerprint density at radius 3 is 2.82 bits per heavy atom. The van der Waals surface area contributed by atoms with Crippen molar-refractivity contribution < 1.29 is 0 Å². The molecule has 0 aliphatic heterocycles. The largest absolute Gasteiger partial charge is 0.371 e. The predicted octanol–water partition coefficient (Wildman–Crippen LogP) is 3.90. The number of halogens is 1. The number of nitriles is 1. The van der Waals surface area contributed by atoms with Gasteiger partial charge >= 0.3 is 0 Å². The highest BCUT2D eigenvalue weighted by atomic mass is 79.9. The molecular formula is C13H17BrN2S. The monoisotopic (exact) mass is 312 g/mol. The molecule has 0 fully saturated rings. The molecule has 0 saturated heterocycles. The molecule has 92 valence electrons. The molecule has 4 heteroatoms. The number of rotatable bonds is 5. The van der Waals surface area contributed by atoms with Gasteiger partial charge in [0.15, 0.2) is 0 Å². The average Bonchev–Trinajstić information content (AvgIpc) is 2.34. The average molecular weight is 313 g/mol. The smallest absolute Gasteiger partial charge is 0.103 e. The Hall–Kier alpha value is -0.660. The fourth-order valence-electron chi connectivity index (χ4n) is 1.64. The zero-order chi connectivity index (χ0) is 12.8. The first-order valence-electron chi connectivity index (χ1n) is 5.52. The Balaban J connectivity index is 2.92. The maximum absolute atomic E-state index is 9.20. The van der Waals surface area contributed by atoms with Gasteiger partial charge in [-0.1, -0.05) is 6.07 Å².